The third-order valence-corrected chi connectivity index (χ3v) is 5.38. The number of aliphatic hydroxyl groups excluding tert-OH is 2. The lowest BCUT2D eigenvalue weighted by Gasteiger charge is -2.22. The van der Waals surface area contributed by atoms with Crippen molar-refractivity contribution in [2.24, 2.45) is 5.16 Å². The number of unbranched alkanes of at least 4 members (excludes halogenated alkanes) is 1. The highest BCUT2D eigenvalue weighted by molar-refractivity contribution is 5.84. The Morgan fingerprint density at radius 3 is 2.91 bits per heavy atom. The fraction of sp³-hybridized carbons (Fsp3) is 0.700. The summed E-state index contributed by atoms with van der Waals surface area (Å²) in [6.07, 6.45) is 0.959. The van der Waals surface area contributed by atoms with Gasteiger partial charge >= 0.3 is 0 Å². The zero-order chi connectivity index (χ0) is 23.8. The number of fused-ring (bicyclic) bond motifs is 1. The number of aromatic nitrogens is 4. The number of hydrogen-bond acceptors (Lipinski definition) is 12. The van der Waals surface area contributed by atoms with Gasteiger partial charge in [-0.25, -0.2) is 15.0 Å². The molecule has 0 aliphatic carbocycles. The molecule has 3 rings (SSSR count). The number of likely N-dealkylation sites (N-methyl/N-ethyl adjacent to an activating group) is 1. The van der Waals surface area contributed by atoms with Crippen LogP contribution < -0.4 is 11.1 Å². The van der Waals surface area contributed by atoms with Crippen molar-refractivity contribution in [1.82, 2.24) is 24.4 Å². The monoisotopic (exact) mass is 466 g/mol. The summed E-state index contributed by atoms with van der Waals surface area (Å²) in [4.78, 5) is 19.8. The summed E-state index contributed by atoms with van der Waals surface area (Å²) >= 11 is 0. The molecule has 1 saturated heterocycles. The lowest BCUT2D eigenvalue weighted by molar-refractivity contribution is -0.0411. The van der Waals surface area contributed by atoms with Crippen LogP contribution in [0.1, 0.15) is 26.0 Å². The molecule has 3 heterocycles. The molecule has 0 bridgehead atoms. The molecule has 13 nitrogen and oxygen atoms in total. The van der Waals surface area contributed by atoms with Gasteiger partial charge in [-0.05, 0) is 33.4 Å². The van der Waals surface area contributed by atoms with E-state index in [9.17, 15) is 10.2 Å². The highest BCUT2D eigenvalue weighted by Crippen LogP contribution is 2.35. The topological polar surface area (TPSA) is 165 Å². The van der Waals surface area contributed by atoms with E-state index in [1.807, 2.05) is 18.9 Å². The molecule has 2 aromatic rings. The van der Waals surface area contributed by atoms with Gasteiger partial charge in [0.2, 0.25) is 5.95 Å². The van der Waals surface area contributed by atoms with Gasteiger partial charge in [-0.3, -0.25) is 4.57 Å². The molecular formula is C20H34N8O5. The van der Waals surface area contributed by atoms with E-state index in [2.05, 4.69) is 25.4 Å². The van der Waals surface area contributed by atoms with Crippen LogP contribution in [0.15, 0.2) is 11.5 Å². The average Bonchev–Trinajstić information content (AvgIpc) is 3.31. The second kappa shape index (κ2) is 12.0. The Labute approximate surface area is 192 Å². The zero-order valence-electron chi connectivity index (χ0n) is 19.3. The molecule has 5 N–H and O–H groups in total. The van der Waals surface area contributed by atoms with E-state index < -0.39 is 24.5 Å². The molecule has 0 saturated carbocycles. The van der Waals surface area contributed by atoms with Gasteiger partial charge in [0, 0.05) is 20.2 Å². The molecular weight excluding hydrogens is 432 g/mol. The number of nitrogens with zero attached hydrogens (tertiary/aromatic N) is 6. The minimum Gasteiger partial charge on any atom is -0.396 e. The fourth-order valence-electron chi connectivity index (χ4n) is 3.69. The molecule has 1 aliphatic rings. The second-order valence-corrected chi connectivity index (χ2v) is 7.78. The summed E-state index contributed by atoms with van der Waals surface area (Å²) in [6, 6.07) is 0. The van der Waals surface area contributed by atoms with E-state index in [4.69, 9.17) is 20.0 Å². The average molecular weight is 467 g/mol. The number of nitrogens with one attached hydrogen (secondary N) is 1. The molecule has 1 fully saturated rings. The highest BCUT2D eigenvalue weighted by Gasteiger charge is 2.45. The normalized spacial score (nSPS) is 23.2. The summed E-state index contributed by atoms with van der Waals surface area (Å²) in [7, 11) is 3.63. The first-order valence-corrected chi connectivity index (χ1v) is 11.1. The first kappa shape index (κ1) is 25.1. The Morgan fingerprint density at radius 2 is 2.15 bits per heavy atom. The largest absolute Gasteiger partial charge is 0.396 e. The van der Waals surface area contributed by atoms with Crippen molar-refractivity contribution in [1.29, 1.82) is 0 Å². The van der Waals surface area contributed by atoms with E-state index in [1.165, 1.54) is 6.33 Å². The van der Waals surface area contributed by atoms with Crippen LogP contribution in [0.3, 0.4) is 0 Å². The summed E-state index contributed by atoms with van der Waals surface area (Å²) in [5.74, 6) is 0.634. The van der Waals surface area contributed by atoms with Gasteiger partial charge in [0.15, 0.2) is 23.2 Å². The Hall–Kier alpha value is -2.58. The SMILES string of the molecule is CCOCC=NOCCCCN(C)C[C@H]1O[C@@H](n2c(NC)nc3c(N)ncnc32)C(O)C1O. The molecule has 33 heavy (non-hydrogen) atoms. The quantitative estimate of drug-likeness (QED) is 0.176. The lowest BCUT2D eigenvalue weighted by atomic mass is 10.1. The van der Waals surface area contributed by atoms with Gasteiger partial charge in [0.1, 0.15) is 31.2 Å². The van der Waals surface area contributed by atoms with Crippen LogP contribution in [-0.2, 0) is 14.3 Å². The van der Waals surface area contributed by atoms with Crippen LogP contribution in [0.25, 0.3) is 11.2 Å². The van der Waals surface area contributed by atoms with Crippen LogP contribution in [0.5, 0.6) is 0 Å². The van der Waals surface area contributed by atoms with Crippen LogP contribution in [0.2, 0.25) is 0 Å². The van der Waals surface area contributed by atoms with Crippen molar-refractivity contribution in [3.05, 3.63) is 6.33 Å². The maximum absolute atomic E-state index is 10.7. The summed E-state index contributed by atoms with van der Waals surface area (Å²) < 4.78 is 12.8. The number of hydrogen-bond donors (Lipinski definition) is 4. The van der Waals surface area contributed by atoms with Gasteiger partial charge in [-0.15, -0.1) is 0 Å². The molecule has 0 aromatic carbocycles. The summed E-state index contributed by atoms with van der Waals surface area (Å²) in [6.45, 7) is 4.76. The van der Waals surface area contributed by atoms with Crippen molar-refractivity contribution in [2.45, 2.75) is 44.3 Å². The maximum Gasteiger partial charge on any atom is 0.207 e. The van der Waals surface area contributed by atoms with Gasteiger partial charge < -0.3 is 40.5 Å². The van der Waals surface area contributed by atoms with Gasteiger partial charge in [0.25, 0.3) is 0 Å². The van der Waals surface area contributed by atoms with Crippen molar-refractivity contribution in [2.75, 3.05) is 58.1 Å². The second-order valence-electron chi connectivity index (χ2n) is 7.78. The van der Waals surface area contributed by atoms with E-state index in [1.54, 1.807) is 17.8 Å². The summed E-state index contributed by atoms with van der Waals surface area (Å²) in [5.41, 5.74) is 6.73. The molecule has 2 aromatic heterocycles. The van der Waals surface area contributed by atoms with Gasteiger partial charge in [-0.2, -0.15) is 0 Å². The third-order valence-electron chi connectivity index (χ3n) is 5.38. The molecule has 0 radical (unpaired) electrons. The molecule has 2 unspecified atom stereocenters. The van der Waals surface area contributed by atoms with Crippen LogP contribution in [0.4, 0.5) is 11.8 Å². The number of nitrogen functional groups attached to an aromatic ring is 1. The van der Waals surface area contributed by atoms with Crippen LogP contribution in [0, 0.1) is 0 Å². The zero-order valence-corrected chi connectivity index (χ0v) is 19.3. The fourth-order valence-corrected chi connectivity index (χ4v) is 3.69. The van der Waals surface area contributed by atoms with E-state index in [0.717, 1.165) is 19.4 Å². The Balaban J connectivity index is 1.52. The predicted molar refractivity (Wildman–Crippen MR) is 123 cm³/mol. The maximum atomic E-state index is 10.7. The van der Waals surface area contributed by atoms with Crippen molar-refractivity contribution in [3.8, 4) is 0 Å². The molecule has 184 valence electrons. The predicted octanol–water partition coefficient (Wildman–Crippen LogP) is -0.180. The first-order valence-electron chi connectivity index (χ1n) is 11.1. The van der Waals surface area contributed by atoms with Crippen LogP contribution >= 0.6 is 0 Å². The third kappa shape index (κ3) is 6.06. The van der Waals surface area contributed by atoms with E-state index >= 15 is 0 Å². The standard InChI is InChI=1S/C20H34N8O5/c1-4-31-10-7-25-32-9-6-5-8-27(3)11-13-15(29)16(30)19(33-13)28-18-14(26-20(28)22-2)17(21)23-12-24-18/h7,12-13,15-16,19,29-30H,4-6,8-11H2,1-3H3,(H,22,26)(H2,21,23,24)/t13-,15?,16?,19-/m1/s1. The lowest BCUT2D eigenvalue weighted by Crippen LogP contribution is -2.38. The Bertz CT molecular complexity index is 910. The number of rotatable bonds is 13. The smallest absolute Gasteiger partial charge is 0.207 e. The number of imidazole rings is 1. The molecule has 0 amide bonds. The van der Waals surface area contributed by atoms with E-state index in [0.29, 0.717) is 43.5 Å². The van der Waals surface area contributed by atoms with Crippen molar-refractivity contribution < 1.29 is 24.5 Å². The first-order chi connectivity index (χ1) is 16.0. The van der Waals surface area contributed by atoms with Gasteiger partial charge in [0.05, 0.1) is 12.8 Å². The van der Waals surface area contributed by atoms with Crippen LogP contribution in [-0.4, -0.2) is 106 Å². The molecule has 0 spiro atoms. The number of ether oxygens (including phenoxy) is 2. The number of oxime groups is 1. The van der Waals surface area contributed by atoms with E-state index in [-0.39, 0.29) is 5.82 Å². The summed E-state index contributed by atoms with van der Waals surface area (Å²) in [5, 5.41) is 28.1. The highest BCUT2D eigenvalue weighted by atomic mass is 16.6. The molecule has 13 heteroatoms. The minimum absolute atomic E-state index is 0.225. The van der Waals surface area contributed by atoms with Crippen molar-refractivity contribution in [3.63, 3.8) is 0 Å². The molecule has 4 atom stereocenters. The Kier molecular flexibility index (Phi) is 9.14. The number of aliphatic hydroxyl groups is 2. The minimum atomic E-state index is -1.16. The molecule has 1 aliphatic heterocycles. The van der Waals surface area contributed by atoms with Gasteiger partial charge in [-0.1, -0.05) is 5.16 Å². The number of anilines is 2. The Morgan fingerprint density at radius 1 is 1.33 bits per heavy atom. The van der Waals surface area contributed by atoms with Crippen molar-refractivity contribution >= 4 is 29.1 Å². The number of nitrogens with two attached hydrogens (primary N) is 1.